The fourth-order valence-corrected chi connectivity index (χ4v) is 2.70. The molecule has 2 N–H and O–H groups in total. The highest BCUT2D eigenvalue weighted by Crippen LogP contribution is 2.28. The predicted octanol–water partition coefficient (Wildman–Crippen LogP) is 4.33. The molecule has 0 amide bonds. The van der Waals surface area contributed by atoms with Gasteiger partial charge in [0.15, 0.2) is 0 Å². The third kappa shape index (κ3) is 4.65. The Bertz CT molecular complexity index is 369. The highest BCUT2D eigenvalue weighted by Gasteiger charge is 2.15. The van der Waals surface area contributed by atoms with Crippen molar-refractivity contribution < 1.29 is 0 Å². The molecule has 0 aliphatic rings. The summed E-state index contributed by atoms with van der Waals surface area (Å²) in [4.78, 5) is 2.35. The molecule has 0 aliphatic carbocycles. The van der Waals surface area contributed by atoms with Gasteiger partial charge in [-0.25, -0.2) is 0 Å². The van der Waals surface area contributed by atoms with Gasteiger partial charge in [-0.3, -0.25) is 4.90 Å². The van der Waals surface area contributed by atoms with Crippen molar-refractivity contribution in [3.8, 4) is 0 Å². The van der Waals surface area contributed by atoms with Crippen molar-refractivity contribution in [2.75, 3.05) is 20.1 Å². The monoisotopic (exact) mass is 376 g/mol. The number of halogens is 2. The maximum atomic E-state index is 5.93. The van der Waals surface area contributed by atoms with E-state index in [2.05, 4.69) is 68.9 Å². The fourth-order valence-electron chi connectivity index (χ4n) is 2.06. The van der Waals surface area contributed by atoms with Crippen molar-refractivity contribution in [1.29, 1.82) is 0 Å². The summed E-state index contributed by atoms with van der Waals surface area (Å²) in [5.41, 5.74) is 7.20. The van der Waals surface area contributed by atoms with Crippen molar-refractivity contribution in [2.24, 2.45) is 5.73 Å². The number of nitrogens with two attached hydrogens (primary N) is 1. The lowest BCUT2D eigenvalue weighted by Gasteiger charge is -2.27. The average Bonchev–Trinajstić information content (AvgIpc) is 2.35. The number of likely N-dealkylation sites (N-methyl/N-ethyl adjacent to an activating group) is 1. The van der Waals surface area contributed by atoms with E-state index < -0.39 is 0 Å². The SMILES string of the molecule is CCCCCN(C)C(CN)c1ccc(Br)c(Br)c1. The van der Waals surface area contributed by atoms with Crippen molar-refractivity contribution >= 4 is 31.9 Å². The molecule has 1 aromatic carbocycles. The first-order valence-corrected chi connectivity index (χ1v) is 8.04. The molecule has 1 atom stereocenters. The van der Waals surface area contributed by atoms with Gasteiger partial charge in [-0.1, -0.05) is 25.8 Å². The molecular formula is C14H22Br2N2. The minimum absolute atomic E-state index is 0.297. The molecule has 0 spiro atoms. The summed E-state index contributed by atoms with van der Waals surface area (Å²) in [5.74, 6) is 0. The summed E-state index contributed by atoms with van der Waals surface area (Å²) < 4.78 is 2.16. The summed E-state index contributed by atoms with van der Waals surface area (Å²) >= 11 is 7.05. The van der Waals surface area contributed by atoms with Gasteiger partial charge in [-0.15, -0.1) is 0 Å². The maximum Gasteiger partial charge on any atom is 0.0467 e. The van der Waals surface area contributed by atoms with Crippen LogP contribution in [0.4, 0.5) is 0 Å². The van der Waals surface area contributed by atoms with E-state index in [1.54, 1.807) is 0 Å². The molecule has 1 aromatic rings. The van der Waals surface area contributed by atoms with Gasteiger partial charge in [-0.2, -0.15) is 0 Å². The molecule has 0 saturated heterocycles. The Kier molecular flexibility index (Phi) is 7.46. The summed E-state index contributed by atoms with van der Waals surface area (Å²) in [5, 5.41) is 0. The Morgan fingerprint density at radius 1 is 1.22 bits per heavy atom. The second-order valence-electron chi connectivity index (χ2n) is 4.61. The molecule has 0 radical (unpaired) electrons. The van der Waals surface area contributed by atoms with Crippen LogP contribution < -0.4 is 5.73 Å². The smallest absolute Gasteiger partial charge is 0.0467 e. The quantitative estimate of drug-likeness (QED) is 0.716. The van der Waals surface area contributed by atoms with E-state index in [0.29, 0.717) is 12.6 Å². The van der Waals surface area contributed by atoms with Crippen LogP contribution in [0.25, 0.3) is 0 Å². The lowest BCUT2D eigenvalue weighted by Crippen LogP contribution is -2.31. The Hall–Kier alpha value is 0.1000. The summed E-state index contributed by atoms with van der Waals surface area (Å²) in [7, 11) is 2.16. The predicted molar refractivity (Wildman–Crippen MR) is 85.8 cm³/mol. The number of hydrogen-bond acceptors (Lipinski definition) is 2. The van der Waals surface area contributed by atoms with Crippen molar-refractivity contribution in [2.45, 2.75) is 32.2 Å². The molecule has 4 heteroatoms. The van der Waals surface area contributed by atoms with E-state index in [4.69, 9.17) is 5.73 Å². The Morgan fingerprint density at radius 3 is 2.50 bits per heavy atom. The third-order valence-electron chi connectivity index (χ3n) is 3.20. The lowest BCUT2D eigenvalue weighted by molar-refractivity contribution is 0.245. The van der Waals surface area contributed by atoms with Crippen LogP contribution in [0.2, 0.25) is 0 Å². The van der Waals surface area contributed by atoms with E-state index in [1.807, 2.05) is 0 Å². The van der Waals surface area contributed by atoms with Crippen molar-refractivity contribution in [1.82, 2.24) is 4.90 Å². The van der Waals surface area contributed by atoms with Crippen LogP contribution in [-0.4, -0.2) is 25.0 Å². The van der Waals surface area contributed by atoms with Crippen LogP contribution in [0, 0.1) is 0 Å². The number of hydrogen-bond donors (Lipinski definition) is 1. The van der Waals surface area contributed by atoms with Crippen molar-refractivity contribution in [3.05, 3.63) is 32.7 Å². The van der Waals surface area contributed by atoms with Gasteiger partial charge < -0.3 is 5.73 Å². The van der Waals surface area contributed by atoms with Gasteiger partial charge in [0.05, 0.1) is 0 Å². The molecule has 1 rings (SSSR count). The number of rotatable bonds is 7. The molecule has 2 nitrogen and oxygen atoms in total. The molecule has 0 saturated carbocycles. The largest absolute Gasteiger partial charge is 0.329 e. The number of benzene rings is 1. The Balaban J connectivity index is 2.72. The highest BCUT2D eigenvalue weighted by molar-refractivity contribution is 9.13. The number of unbranched alkanes of at least 4 members (excludes halogenated alkanes) is 2. The van der Waals surface area contributed by atoms with Crippen LogP contribution in [-0.2, 0) is 0 Å². The molecule has 0 aromatic heterocycles. The first kappa shape index (κ1) is 16.2. The maximum absolute atomic E-state index is 5.93. The zero-order valence-electron chi connectivity index (χ0n) is 11.1. The second kappa shape index (κ2) is 8.31. The van der Waals surface area contributed by atoms with Crippen molar-refractivity contribution in [3.63, 3.8) is 0 Å². The van der Waals surface area contributed by atoms with Gasteiger partial charge >= 0.3 is 0 Å². The molecule has 0 heterocycles. The van der Waals surface area contributed by atoms with Crippen LogP contribution in [0.3, 0.4) is 0 Å². The normalized spacial score (nSPS) is 13.0. The molecular weight excluding hydrogens is 356 g/mol. The summed E-state index contributed by atoms with van der Waals surface area (Å²) in [6.45, 7) is 3.98. The van der Waals surface area contributed by atoms with E-state index >= 15 is 0 Å². The molecule has 102 valence electrons. The lowest BCUT2D eigenvalue weighted by atomic mass is 10.1. The first-order chi connectivity index (χ1) is 8.60. The first-order valence-electron chi connectivity index (χ1n) is 6.45. The van der Waals surface area contributed by atoms with Gasteiger partial charge in [0.1, 0.15) is 0 Å². The molecule has 0 fully saturated rings. The van der Waals surface area contributed by atoms with E-state index in [-0.39, 0.29) is 0 Å². The third-order valence-corrected chi connectivity index (χ3v) is 5.08. The highest BCUT2D eigenvalue weighted by atomic mass is 79.9. The molecule has 18 heavy (non-hydrogen) atoms. The van der Waals surface area contributed by atoms with Gasteiger partial charge in [0, 0.05) is 21.5 Å². The Labute approximate surface area is 127 Å². The molecule has 0 bridgehead atoms. The topological polar surface area (TPSA) is 29.3 Å². The Morgan fingerprint density at radius 2 is 1.94 bits per heavy atom. The summed E-state index contributed by atoms with van der Waals surface area (Å²) in [6.07, 6.45) is 3.78. The van der Waals surface area contributed by atoms with Crippen LogP contribution in [0.5, 0.6) is 0 Å². The van der Waals surface area contributed by atoms with Crippen LogP contribution in [0.1, 0.15) is 37.8 Å². The molecule has 1 unspecified atom stereocenters. The standard InChI is InChI=1S/C14H22Br2N2/c1-3-4-5-8-18(2)14(10-17)11-6-7-12(15)13(16)9-11/h6-7,9,14H,3-5,8,10,17H2,1-2H3. The van der Waals surface area contributed by atoms with Crippen LogP contribution >= 0.6 is 31.9 Å². The minimum Gasteiger partial charge on any atom is -0.329 e. The minimum atomic E-state index is 0.297. The van der Waals surface area contributed by atoms with Gasteiger partial charge in [0.25, 0.3) is 0 Å². The second-order valence-corrected chi connectivity index (χ2v) is 6.32. The zero-order valence-corrected chi connectivity index (χ0v) is 14.3. The van der Waals surface area contributed by atoms with Gasteiger partial charge in [0.2, 0.25) is 0 Å². The van der Waals surface area contributed by atoms with Gasteiger partial charge in [-0.05, 0) is 69.6 Å². The summed E-state index contributed by atoms with van der Waals surface area (Å²) in [6, 6.07) is 6.66. The van der Waals surface area contributed by atoms with E-state index in [0.717, 1.165) is 15.5 Å². The van der Waals surface area contributed by atoms with Crippen LogP contribution in [0.15, 0.2) is 27.1 Å². The number of nitrogens with zero attached hydrogens (tertiary/aromatic N) is 1. The van der Waals surface area contributed by atoms with E-state index in [1.165, 1.54) is 24.8 Å². The molecule has 0 aliphatic heterocycles. The average molecular weight is 378 g/mol. The van der Waals surface area contributed by atoms with E-state index in [9.17, 15) is 0 Å². The fraction of sp³-hybridized carbons (Fsp3) is 0.571. The zero-order chi connectivity index (χ0) is 13.5.